The molecule has 1 N–H and O–H groups in total. The topological polar surface area (TPSA) is 52.7 Å². The van der Waals surface area contributed by atoms with Gasteiger partial charge in [-0.3, -0.25) is 4.90 Å². The Balaban J connectivity index is 1.42. The van der Waals surface area contributed by atoms with E-state index in [4.69, 9.17) is 0 Å². The summed E-state index contributed by atoms with van der Waals surface area (Å²) in [6.45, 7) is 4.48. The average molecular weight is 357 g/mol. The third-order valence-corrected chi connectivity index (χ3v) is 6.95. The van der Waals surface area contributed by atoms with E-state index in [1.165, 1.54) is 16.8 Å². The van der Waals surface area contributed by atoms with Crippen molar-refractivity contribution in [1.29, 1.82) is 0 Å². The van der Waals surface area contributed by atoms with E-state index in [0.717, 1.165) is 32.6 Å². The lowest BCUT2D eigenvalue weighted by molar-refractivity contribution is 0.182. The summed E-state index contributed by atoms with van der Waals surface area (Å²) < 4.78 is 27.0. The first-order valence-electron chi connectivity index (χ1n) is 8.77. The summed E-state index contributed by atoms with van der Waals surface area (Å²) in [4.78, 5) is 2.72. The molecule has 5 nitrogen and oxygen atoms in total. The Bertz CT molecular complexity index is 844. The van der Waals surface area contributed by atoms with Gasteiger partial charge in [-0.05, 0) is 29.7 Å². The van der Waals surface area contributed by atoms with Crippen LogP contribution in [0.4, 0.5) is 5.69 Å². The molecule has 6 heteroatoms. The van der Waals surface area contributed by atoms with Crippen molar-refractivity contribution in [2.45, 2.75) is 17.9 Å². The summed E-state index contributed by atoms with van der Waals surface area (Å²) in [5.74, 6) is 0. The summed E-state index contributed by atoms with van der Waals surface area (Å²) >= 11 is 0. The standard InChI is InChI=1S/C19H23N3O2S/c23-25(24,18-7-2-1-3-8-18)22-13-11-21(12-14-22)15-17-6-4-5-16-9-10-20-19(16)17/h1-8,20H,9-15H2. The molecule has 132 valence electrons. The van der Waals surface area contributed by atoms with Gasteiger partial charge in [-0.2, -0.15) is 4.31 Å². The molecule has 2 aromatic rings. The highest BCUT2D eigenvalue weighted by molar-refractivity contribution is 7.89. The Kier molecular flexibility index (Phi) is 4.50. The molecule has 0 radical (unpaired) electrons. The molecule has 4 rings (SSSR count). The second-order valence-electron chi connectivity index (χ2n) is 6.62. The number of nitrogens with one attached hydrogen (secondary N) is 1. The summed E-state index contributed by atoms with van der Waals surface area (Å²) in [6.07, 6.45) is 1.09. The molecule has 0 unspecified atom stereocenters. The molecule has 0 aliphatic carbocycles. The van der Waals surface area contributed by atoms with Gasteiger partial charge < -0.3 is 5.32 Å². The summed E-state index contributed by atoms with van der Waals surface area (Å²) in [5.41, 5.74) is 3.99. The molecule has 0 atom stereocenters. The fourth-order valence-electron chi connectivity index (χ4n) is 3.65. The van der Waals surface area contributed by atoms with Crippen LogP contribution in [-0.2, 0) is 23.0 Å². The van der Waals surface area contributed by atoms with Crippen molar-refractivity contribution in [2.75, 3.05) is 38.0 Å². The van der Waals surface area contributed by atoms with E-state index in [1.54, 1.807) is 28.6 Å². The van der Waals surface area contributed by atoms with Gasteiger partial charge in [-0.25, -0.2) is 8.42 Å². The molecule has 2 aromatic carbocycles. The molecule has 0 spiro atoms. The number of para-hydroxylation sites is 1. The maximum Gasteiger partial charge on any atom is 0.243 e. The van der Waals surface area contributed by atoms with Crippen LogP contribution >= 0.6 is 0 Å². The van der Waals surface area contributed by atoms with Crippen LogP contribution in [-0.4, -0.2) is 50.3 Å². The van der Waals surface area contributed by atoms with E-state index in [1.807, 2.05) is 6.07 Å². The van der Waals surface area contributed by atoms with E-state index < -0.39 is 10.0 Å². The maximum atomic E-state index is 12.7. The van der Waals surface area contributed by atoms with E-state index in [-0.39, 0.29) is 0 Å². The van der Waals surface area contributed by atoms with E-state index in [0.29, 0.717) is 18.0 Å². The van der Waals surface area contributed by atoms with Crippen LogP contribution in [0.25, 0.3) is 0 Å². The van der Waals surface area contributed by atoms with Gasteiger partial charge in [0.25, 0.3) is 0 Å². The number of hydrogen-bond acceptors (Lipinski definition) is 4. The van der Waals surface area contributed by atoms with Crippen molar-refractivity contribution in [3.8, 4) is 0 Å². The van der Waals surface area contributed by atoms with Crippen LogP contribution in [0.5, 0.6) is 0 Å². The number of piperazine rings is 1. The highest BCUT2D eigenvalue weighted by Gasteiger charge is 2.28. The van der Waals surface area contributed by atoms with Crippen LogP contribution in [0.1, 0.15) is 11.1 Å². The Morgan fingerprint density at radius 1 is 0.920 bits per heavy atom. The fourth-order valence-corrected chi connectivity index (χ4v) is 5.10. The van der Waals surface area contributed by atoms with Crippen LogP contribution < -0.4 is 5.32 Å². The number of hydrogen-bond donors (Lipinski definition) is 1. The molecule has 2 aliphatic heterocycles. The lowest BCUT2D eigenvalue weighted by atomic mass is 10.1. The first-order chi connectivity index (χ1) is 12.1. The molecule has 1 fully saturated rings. The van der Waals surface area contributed by atoms with Gasteiger partial charge in [-0.1, -0.05) is 36.4 Å². The monoisotopic (exact) mass is 357 g/mol. The van der Waals surface area contributed by atoms with Crippen molar-refractivity contribution in [3.63, 3.8) is 0 Å². The molecule has 2 heterocycles. The molecular formula is C19H23N3O2S. The normalized spacial score (nSPS) is 18.7. The quantitative estimate of drug-likeness (QED) is 0.911. The number of nitrogens with zero attached hydrogens (tertiary/aromatic N) is 2. The minimum absolute atomic E-state index is 0.383. The van der Waals surface area contributed by atoms with Crippen LogP contribution in [0, 0.1) is 0 Å². The van der Waals surface area contributed by atoms with Crippen molar-refractivity contribution in [3.05, 3.63) is 59.7 Å². The van der Waals surface area contributed by atoms with Crippen molar-refractivity contribution in [2.24, 2.45) is 0 Å². The SMILES string of the molecule is O=S(=O)(c1ccccc1)N1CCN(Cc2cccc3c2NCC3)CC1. The highest BCUT2D eigenvalue weighted by atomic mass is 32.2. The predicted octanol–water partition coefficient (Wildman–Crippen LogP) is 2.16. The maximum absolute atomic E-state index is 12.7. The third kappa shape index (κ3) is 3.29. The number of anilines is 1. The van der Waals surface area contributed by atoms with E-state index in [9.17, 15) is 8.42 Å². The Labute approximate surface area is 149 Å². The van der Waals surface area contributed by atoms with Crippen molar-refractivity contribution in [1.82, 2.24) is 9.21 Å². The van der Waals surface area contributed by atoms with Gasteiger partial charge in [-0.15, -0.1) is 0 Å². The zero-order valence-corrected chi connectivity index (χ0v) is 15.0. The van der Waals surface area contributed by atoms with E-state index >= 15 is 0 Å². The van der Waals surface area contributed by atoms with Gasteiger partial charge in [0.2, 0.25) is 10.0 Å². The van der Waals surface area contributed by atoms with Gasteiger partial charge in [0, 0.05) is 45.0 Å². The number of rotatable bonds is 4. The Morgan fingerprint density at radius 2 is 1.68 bits per heavy atom. The minimum Gasteiger partial charge on any atom is -0.384 e. The second-order valence-corrected chi connectivity index (χ2v) is 8.56. The smallest absolute Gasteiger partial charge is 0.243 e. The van der Waals surface area contributed by atoms with Gasteiger partial charge in [0.1, 0.15) is 0 Å². The molecule has 0 aromatic heterocycles. The molecule has 0 bridgehead atoms. The summed E-state index contributed by atoms with van der Waals surface area (Å²) in [6, 6.07) is 15.2. The zero-order chi connectivity index (χ0) is 17.3. The van der Waals surface area contributed by atoms with Gasteiger partial charge in [0.15, 0.2) is 0 Å². The van der Waals surface area contributed by atoms with E-state index in [2.05, 4.69) is 28.4 Å². The lowest BCUT2D eigenvalue weighted by Crippen LogP contribution is -2.48. The van der Waals surface area contributed by atoms with Gasteiger partial charge in [0.05, 0.1) is 4.90 Å². The highest BCUT2D eigenvalue weighted by Crippen LogP contribution is 2.28. The fraction of sp³-hybridized carbons (Fsp3) is 0.368. The molecule has 1 saturated heterocycles. The third-order valence-electron chi connectivity index (χ3n) is 5.04. The van der Waals surface area contributed by atoms with Crippen LogP contribution in [0.2, 0.25) is 0 Å². The Morgan fingerprint density at radius 3 is 2.44 bits per heavy atom. The van der Waals surface area contributed by atoms with Crippen molar-refractivity contribution >= 4 is 15.7 Å². The second kappa shape index (κ2) is 6.78. The predicted molar refractivity (Wildman–Crippen MR) is 99.1 cm³/mol. The molecule has 2 aliphatic rings. The largest absolute Gasteiger partial charge is 0.384 e. The van der Waals surface area contributed by atoms with Gasteiger partial charge >= 0.3 is 0 Å². The molecular weight excluding hydrogens is 334 g/mol. The molecule has 0 amide bonds. The first-order valence-corrected chi connectivity index (χ1v) is 10.2. The summed E-state index contributed by atoms with van der Waals surface area (Å²) in [5, 5.41) is 3.48. The number of benzene rings is 2. The molecule has 0 saturated carbocycles. The van der Waals surface area contributed by atoms with Crippen LogP contribution in [0.15, 0.2) is 53.4 Å². The molecule has 25 heavy (non-hydrogen) atoms. The van der Waals surface area contributed by atoms with Crippen molar-refractivity contribution < 1.29 is 8.42 Å². The minimum atomic E-state index is -3.37. The van der Waals surface area contributed by atoms with Crippen LogP contribution in [0.3, 0.4) is 0 Å². The Hall–Kier alpha value is -1.89. The zero-order valence-electron chi connectivity index (χ0n) is 14.2. The first kappa shape index (κ1) is 16.6. The lowest BCUT2D eigenvalue weighted by Gasteiger charge is -2.34. The average Bonchev–Trinajstić information content (AvgIpc) is 3.13. The number of fused-ring (bicyclic) bond motifs is 1. The summed E-state index contributed by atoms with van der Waals surface area (Å²) in [7, 11) is -3.37. The number of sulfonamides is 1.